The summed E-state index contributed by atoms with van der Waals surface area (Å²) in [6.45, 7) is -1.40. The molecule has 0 radical (unpaired) electrons. The third-order valence-corrected chi connectivity index (χ3v) is 3.70. The standard InChI is InChI=1S/C16H11ClF3NO2/c17-11-2-1-3-13(23-8-16(18,19)20)15(11)9-4-5-12-10(6-9)7-14(22)21-12/h1-6H,7-8H2,(H,21,22). The van der Waals surface area contributed by atoms with Crippen LogP contribution in [0.15, 0.2) is 36.4 Å². The van der Waals surface area contributed by atoms with Gasteiger partial charge in [0.1, 0.15) is 5.75 Å². The minimum Gasteiger partial charge on any atom is -0.483 e. The largest absolute Gasteiger partial charge is 0.483 e. The summed E-state index contributed by atoms with van der Waals surface area (Å²) >= 11 is 6.15. The van der Waals surface area contributed by atoms with E-state index in [1.165, 1.54) is 12.1 Å². The van der Waals surface area contributed by atoms with Crippen LogP contribution in [0.5, 0.6) is 5.75 Å². The normalized spacial score (nSPS) is 13.7. The van der Waals surface area contributed by atoms with Crippen LogP contribution in [0.1, 0.15) is 5.56 Å². The maximum Gasteiger partial charge on any atom is 0.422 e. The number of rotatable bonds is 3. The molecule has 1 aliphatic heterocycles. The van der Waals surface area contributed by atoms with Gasteiger partial charge in [-0.3, -0.25) is 4.79 Å². The molecule has 0 saturated carbocycles. The molecule has 0 spiro atoms. The molecule has 0 bridgehead atoms. The number of anilines is 1. The van der Waals surface area contributed by atoms with Crippen LogP contribution in [0.4, 0.5) is 18.9 Å². The summed E-state index contributed by atoms with van der Waals surface area (Å²) in [6.07, 6.45) is -4.21. The fourth-order valence-corrected chi connectivity index (χ4v) is 2.72. The van der Waals surface area contributed by atoms with Crippen LogP contribution in [0.2, 0.25) is 5.02 Å². The van der Waals surface area contributed by atoms with Crippen molar-refractivity contribution in [3.05, 3.63) is 47.0 Å². The van der Waals surface area contributed by atoms with Crippen molar-refractivity contribution in [3.8, 4) is 16.9 Å². The maximum absolute atomic E-state index is 12.4. The molecule has 0 aliphatic carbocycles. The van der Waals surface area contributed by atoms with Gasteiger partial charge in [-0.25, -0.2) is 0 Å². The summed E-state index contributed by atoms with van der Waals surface area (Å²) in [4.78, 5) is 11.4. The second-order valence-electron chi connectivity index (χ2n) is 5.11. The predicted molar refractivity (Wildman–Crippen MR) is 80.8 cm³/mol. The van der Waals surface area contributed by atoms with Crippen molar-refractivity contribution in [2.24, 2.45) is 0 Å². The Morgan fingerprint density at radius 2 is 2.00 bits per heavy atom. The Morgan fingerprint density at radius 3 is 2.74 bits per heavy atom. The number of carbonyl (C=O) groups excluding carboxylic acids is 1. The zero-order valence-electron chi connectivity index (χ0n) is 11.7. The van der Waals surface area contributed by atoms with Gasteiger partial charge in [-0.05, 0) is 35.4 Å². The molecule has 1 N–H and O–H groups in total. The monoisotopic (exact) mass is 341 g/mol. The molecule has 2 aromatic carbocycles. The molecule has 7 heteroatoms. The molecule has 0 aromatic heterocycles. The molecule has 1 aliphatic rings. The Hall–Kier alpha value is -2.21. The van der Waals surface area contributed by atoms with Crippen molar-refractivity contribution in [1.29, 1.82) is 0 Å². The van der Waals surface area contributed by atoms with E-state index in [2.05, 4.69) is 5.32 Å². The van der Waals surface area contributed by atoms with Gasteiger partial charge < -0.3 is 10.1 Å². The topological polar surface area (TPSA) is 38.3 Å². The van der Waals surface area contributed by atoms with Gasteiger partial charge in [0, 0.05) is 11.3 Å². The van der Waals surface area contributed by atoms with Gasteiger partial charge in [-0.2, -0.15) is 13.2 Å². The third-order valence-electron chi connectivity index (χ3n) is 3.39. The molecule has 3 rings (SSSR count). The average Bonchev–Trinajstić information content (AvgIpc) is 2.83. The van der Waals surface area contributed by atoms with E-state index < -0.39 is 12.8 Å². The van der Waals surface area contributed by atoms with Crippen molar-refractivity contribution in [2.45, 2.75) is 12.6 Å². The minimum absolute atomic E-state index is 0.0482. The number of alkyl halides is 3. The van der Waals surface area contributed by atoms with Crippen LogP contribution in [0, 0.1) is 0 Å². The quantitative estimate of drug-likeness (QED) is 0.896. The Bertz CT molecular complexity index is 774. The lowest BCUT2D eigenvalue weighted by Gasteiger charge is -2.15. The highest BCUT2D eigenvalue weighted by Gasteiger charge is 2.29. The van der Waals surface area contributed by atoms with E-state index in [1.807, 2.05) is 0 Å². The summed E-state index contributed by atoms with van der Waals surface area (Å²) in [7, 11) is 0. The van der Waals surface area contributed by atoms with E-state index in [-0.39, 0.29) is 23.1 Å². The summed E-state index contributed by atoms with van der Waals surface area (Å²) in [6, 6.07) is 9.65. The van der Waals surface area contributed by atoms with Crippen molar-refractivity contribution >= 4 is 23.2 Å². The van der Waals surface area contributed by atoms with Gasteiger partial charge in [0.15, 0.2) is 6.61 Å². The molecule has 1 heterocycles. The number of halogens is 4. The molecular formula is C16H11ClF3NO2. The van der Waals surface area contributed by atoms with Gasteiger partial charge in [-0.1, -0.05) is 23.7 Å². The smallest absolute Gasteiger partial charge is 0.422 e. The zero-order valence-corrected chi connectivity index (χ0v) is 12.5. The summed E-state index contributed by atoms with van der Waals surface area (Å²) < 4.78 is 42.1. The number of fused-ring (bicyclic) bond motifs is 1. The Labute approximate surface area is 135 Å². The van der Waals surface area contributed by atoms with Gasteiger partial charge in [-0.15, -0.1) is 0 Å². The average molecular weight is 342 g/mol. The molecule has 0 saturated heterocycles. The first-order chi connectivity index (χ1) is 10.8. The molecule has 3 nitrogen and oxygen atoms in total. The molecule has 0 fully saturated rings. The first-order valence-corrected chi connectivity index (χ1v) is 7.12. The SMILES string of the molecule is O=C1Cc2cc(-c3c(Cl)cccc3OCC(F)(F)F)ccc2N1. The molecule has 0 atom stereocenters. The second-order valence-corrected chi connectivity index (χ2v) is 5.52. The van der Waals surface area contributed by atoms with E-state index in [0.29, 0.717) is 16.8 Å². The highest BCUT2D eigenvalue weighted by Crippen LogP contribution is 2.39. The van der Waals surface area contributed by atoms with Gasteiger partial charge in [0.05, 0.1) is 11.4 Å². The van der Waals surface area contributed by atoms with Crippen LogP contribution >= 0.6 is 11.6 Å². The fourth-order valence-electron chi connectivity index (χ4n) is 2.45. The van der Waals surface area contributed by atoms with E-state index in [9.17, 15) is 18.0 Å². The van der Waals surface area contributed by atoms with Crippen molar-refractivity contribution in [2.75, 3.05) is 11.9 Å². The van der Waals surface area contributed by atoms with E-state index in [1.54, 1.807) is 24.3 Å². The zero-order chi connectivity index (χ0) is 16.6. The molecule has 1 amide bonds. The number of amides is 1. The summed E-state index contributed by atoms with van der Waals surface area (Å²) in [5.41, 5.74) is 2.45. The minimum atomic E-state index is -4.44. The number of hydrogen-bond acceptors (Lipinski definition) is 2. The molecule has 23 heavy (non-hydrogen) atoms. The van der Waals surface area contributed by atoms with Gasteiger partial charge in [0.25, 0.3) is 0 Å². The van der Waals surface area contributed by atoms with Crippen LogP contribution in [-0.2, 0) is 11.2 Å². The highest BCUT2D eigenvalue weighted by atomic mass is 35.5. The fraction of sp³-hybridized carbons (Fsp3) is 0.188. The Kier molecular flexibility index (Phi) is 3.93. The number of hydrogen-bond donors (Lipinski definition) is 1. The van der Waals surface area contributed by atoms with Crippen molar-refractivity contribution < 1.29 is 22.7 Å². The first kappa shape index (κ1) is 15.7. The van der Waals surface area contributed by atoms with Crippen LogP contribution in [0.25, 0.3) is 11.1 Å². The van der Waals surface area contributed by atoms with E-state index in [4.69, 9.17) is 16.3 Å². The van der Waals surface area contributed by atoms with E-state index in [0.717, 1.165) is 5.56 Å². The third kappa shape index (κ3) is 3.42. The lowest BCUT2D eigenvalue weighted by Crippen LogP contribution is -2.19. The molecular weight excluding hydrogens is 331 g/mol. The number of benzene rings is 2. The second kappa shape index (κ2) is 5.77. The Morgan fingerprint density at radius 1 is 1.22 bits per heavy atom. The van der Waals surface area contributed by atoms with Crippen molar-refractivity contribution in [1.82, 2.24) is 0 Å². The van der Waals surface area contributed by atoms with E-state index >= 15 is 0 Å². The van der Waals surface area contributed by atoms with Crippen molar-refractivity contribution in [3.63, 3.8) is 0 Å². The molecule has 0 unspecified atom stereocenters. The van der Waals surface area contributed by atoms with Crippen LogP contribution < -0.4 is 10.1 Å². The lowest BCUT2D eigenvalue weighted by molar-refractivity contribution is -0.153. The lowest BCUT2D eigenvalue weighted by atomic mass is 10.0. The van der Waals surface area contributed by atoms with Crippen LogP contribution in [0.3, 0.4) is 0 Å². The van der Waals surface area contributed by atoms with Crippen LogP contribution in [-0.4, -0.2) is 18.7 Å². The number of carbonyl (C=O) groups is 1. The predicted octanol–water partition coefficient (Wildman–Crippen LogP) is 4.44. The number of nitrogens with one attached hydrogen (secondary N) is 1. The summed E-state index contributed by atoms with van der Waals surface area (Å²) in [5.74, 6) is -0.0723. The highest BCUT2D eigenvalue weighted by molar-refractivity contribution is 6.33. The van der Waals surface area contributed by atoms with Gasteiger partial charge >= 0.3 is 6.18 Å². The first-order valence-electron chi connectivity index (χ1n) is 6.75. The van der Waals surface area contributed by atoms with Gasteiger partial charge in [0.2, 0.25) is 5.91 Å². The Balaban J connectivity index is 1.99. The molecule has 2 aromatic rings. The maximum atomic E-state index is 12.4. The summed E-state index contributed by atoms with van der Waals surface area (Å²) in [5, 5.41) is 2.98. The number of ether oxygens (including phenoxy) is 1. The molecule has 120 valence electrons.